The molecular formula is C21H28N2OS. The molecule has 2 aromatic carbocycles. The Morgan fingerprint density at radius 1 is 0.720 bits per heavy atom. The first kappa shape index (κ1) is 19.5. The van der Waals surface area contributed by atoms with Crippen molar-refractivity contribution < 1.29 is 4.74 Å². The molecule has 0 aliphatic rings. The van der Waals surface area contributed by atoms with Crippen molar-refractivity contribution in [2.75, 3.05) is 12.4 Å². The van der Waals surface area contributed by atoms with Crippen LogP contribution in [0, 0.1) is 6.92 Å². The zero-order chi connectivity index (χ0) is 17.7. The van der Waals surface area contributed by atoms with Crippen molar-refractivity contribution in [1.29, 1.82) is 0 Å². The maximum absolute atomic E-state index is 5.78. The molecule has 0 unspecified atom stereocenters. The molecule has 0 spiro atoms. The van der Waals surface area contributed by atoms with Gasteiger partial charge >= 0.3 is 0 Å². The second-order valence-electron chi connectivity index (χ2n) is 6.22. The number of hydrogen-bond acceptors (Lipinski definition) is 4. The van der Waals surface area contributed by atoms with E-state index in [0.717, 1.165) is 35.9 Å². The van der Waals surface area contributed by atoms with Gasteiger partial charge in [-0.1, -0.05) is 43.4 Å². The van der Waals surface area contributed by atoms with Crippen molar-refractivity contribution in [3.05, 3.63) is 54.1 Å². The first-order valence-electron chi connectivity index (χ1n) is 9.10. The average molecular weight is 357 g/mol. The summed E-state index contributed by atoms with van der Waals surface area (Å²) in [7, 11) is 0. The summed E-state index contributed by atoms with van der Waals surface area (Å²) >= 11 is 4.23. The lowest BCUT2D eigenvalue weighted by Gasteiger charge is -2.06. The second kappa shape index (κ2) is 11.7. The third-order valence-electron chi connectivity index (χ3n) is 3.97. The van der Waals surface area contributed by atoms with E-state index in [-0.39, 0.29) is 0 Å². The molecule has 0 radical (unpaired) electrons. The van der Waals surface area contributed by atoms with Gasteiger partial charge in [-0.05, 0) is 61.9 Å². The van der Waals surface area contributed by atoms with E-state index in [4.69, 9.17) is 4.74 Å². The van der Waals surface area contributed by atoms with E-state index in [1.165, 1.54) is 37.7 Å². The average Bonchev–Trinajstić information content (AvgIpc) is 2.64. The summed E-state index contributed by atoms with van der Waals surface area (Å²) in [5.41, 5.74) is 2.91. The van der Waals surface area contributed by atoms with Crippen LogP contribution < -0.4 is 4.74 Å². The number of unbranched alkanes of at least 4 members (excludes halogenated alkanes) is 5. The predicted molar refractivity (Wildman–Crippen MR) is 109 cm³/mol. The third kappa shape index (κ3) is 8.21. The minimum absolute atomic E-state index is 0.775. The third-order valence-corrected chi connectivity index (χ3v) is 4.29. The molecule has 4 heteroatoms. The summed E-state index contributed by atoms with van der Waals surface area (Å²) < 4.78 is 5.78. The van der Waals surface area contributed by atoms with E-state index in [2.05, 4.69) is 29.8 Å². The van der Waals surface area contributed by atoms with Crippen LogP contribution in [-0.2, 0) is 0 Å². The normalized spacial score (nSPS) is 11.1. The number of thiol groups is 1. The molecule has 0 atom stereocenters. The van der Waals surface area contributed by atoms with Gasteiger partial charge < -0.3 is 4.74 Å². The second-order valence-corrected chi connectivity index (χ2v) is 6.67. The zero-order valence-corrected chi connectivity index (χ0v) is 15.9. The fourth-order valence-electron chi connectivity index (χ4n) is 2.45. The van der Waals surface area contributed by atoms with Crippen molar-refractivity contribution in [2.45, 2.75) is 45.4 Å². The summed E-state index contributed by atoms with van der Waals surface area (Å²) in [6.45, 7) is 2.83. The van der Waals surface area contributed by atoms with Crippen LogP contribution in [0.4, 0.5) is 11.4 Å². The monoisotopic (exact) mass is 356 g/mol. The van der Waals surface area contributed by atoms with Gasteiger partial charge in [0.15, 0.2) is 0 Å². The molecule has 2 rings (SSSR count). The number of ether oxygens (including phenoxy) is 1. The predicted octanol–water partition coefficient (Wildman–Crippen LogP) is 7.06. The molecule has 0 fully saturated rings. The van der Waals surface area contributed by atoms with Gasteiger partial charge in [-0.2, -0.15) is 22.9 Å². The SMILES string of the molecule is Cc1ccc(N=Nc2ccc(OCCCCCCCCS)cc2)cc1. The smallest absolute Gasteiger partial charge is 0.119 e. The Hall–Kier alpha value is -1.81. The van der Waals surface area contributed by atoms with E-state index in [9.17, 15) is 0 Å². The fraction of sp³-hybridized carbons (Fsp3) is 0.429. The van der Waals surface area contributed by atoms with Gasteiger partial charge in [0.25, 0.3) is 0 Å². The van der Waals surface area contributed by atoms with Gasteiger partial charge in [-0.25, -0.2) is 0 Å². The van der Waals surface area contributed by atoms with Crippen molar-refractivity contribution >= 4 is 24.0 Å². The largest absolute Gasteiger partial charge is 0.494 e. The van der Waals surface area contributed by atoms with Crippen molar-refractivity contribution in [1.82, 2.24) is 0 Å². The summed E-state index contributed by atoms with van der Waals surface area (Å²) in [5.74, 6) is 1.90. The van der Waals surface area contributed by atoms with Crippen LogP contribution in [0.3, 0.4) is 0 Å². The lowest BCUT2D eigenvalue weighted by Crippen LogP contribution is -1.96. The quantitative estimate of drug-likeness (QED) is 0.261. The van der Waals surface area contributed by atoms with E-state index in [1.807, 2.05) is 48.5 Å². The molecule has 0 heterocycles. The Bertz CT molecular complexity index is 623. The molecule has 3 nitrogen and oxygen atoms in total. The van der Waals surface area contributed by atoms with Crippen molar-refractivity contribution in [3.63, 3.8) is 0 Å². The van der Waals surface area contributed by atoms with Crippen LogP contribution in [0.15, 0.2) is 58.8 Å². The van der Waals surface area contributed by atoms with Crippen LogP contribution in [0.1, 0.15) is 44.1 Å². The van der Waals surface area contributed by atoms with E-state index >= 15 is 0 Å². The Morgan fingerprint density at radius 3 is 1.84 bits per heavy atom. The van der Waals surface area contributed by atoms with E-state index < -0.39 is 0 Å². The number of nitrogens with zero attached hydrogens (tertiary/aromatic N) is 2. The van der Waals surface area contributed by atoms with Crippen LogP contribution >= 0.6 is 12.6 Å². The zero-order valence-electron chi connectivity index (χ0n) is 15.0. The lowest BCUT2D eigenvalue weighted by atomic mass is 10.1. The number of rotatable bonds is 11. The van der Waals surface area contributed by atoms with Gasteiger partial charge in [0.1, 0.15) is 5.75 Å². The van der Waals surface area contributed by atoms with Crippen LogP contribution in [0.25, 0.3) is 0 Å². The molecule has 2 aromatic rings. The van der Waals surface area contributed by atoms with Crippen molar-refractivity contribution in [2.24, 2.45) is 10.2 Å². The Balaban J connectivity index is 1.66. The molecule has 0 saturated heterocycles. The Kier molecular flexibility index (Phi) is 9.13. The minimum Gasteiger partial charge on any atom is -0.494 e. The summed E-state index contributed by atoms with van der Waals surface area (Å²) in [6.07, 6.45) is 7.46. The molecule has 0 aromatic heterocycles. The van der Waals surface area contributed by atoms with Crippen LogP contribution in [0.2, 0.25) is 0 Å². The number of benzene rings is 2. The first-order chi connectivity index (χ1) is 12.3. The summed E-state index contributed by atoms with van der Waals surface area (Å²) in [5, 5.41) is 8.50. The van der Waals surface area contributed by atoms with Gasteiger partial charge in [0, 0.05) is 0 Å². The molecular weight excluding hydrogens is 328 g/mol. The van der Waals surface area contributed by atoms with Gasteiger partial charge in [-0.15, -0.1) is 0 Å². The highest BCUT2D eigenvalue weighted by atomic mass is 32.1. The molecule has 0 bridgehead atoms. The maximum Gasteiger partial charge on any atom is 0.119 e. The molecule has 0 amide bonds. The van der Waals surface area contributed by atoms with Gasteiger partial charge in [0.05, 0.1) is 18.0 Å². The highest BCUT2D eigenvalue weighted by Gasteiger charge is 1.96. The van der Waals surface area contributed by atoms with Gasteiger partial charge in [0.2, 0.25) is 0 Å². The minimum atomic E-state index is 0.775. The van der Waals surface area contributed by atoms with Crippen LogP contribution in [-0.4, -0.2) is 12.4 Å². The molecule has 25 heavy (non-hydrogen) atoms. The van der Waals surface area contributed by atoms with Crippen LogP contribution in [0.5, 0.6) is 5.75 Å². The fourth-order valence-corrected chi connectivity index (χ4v) is 2.67. The maximum atomic E-state index is 5.78. The van der Waals surface area contributed by atoms with Gasteiger partial charge in [-0.3, -0.25) is 0 Å². The molecule has 0 N–H and O–H groups in total. The highest BCUT2D eigenvalue weighted by molar-refractivity contribution is 7.80. The summed E-state index contributed by atoms with van der Waals surface area (Å²) in [6, 6.07) is 15.8. The van der Waals surface area contributed by atoms with E-state index in [0.29, 0.717) is 0 Å². The molecule has 0 aliphatic carbocycles. The topological polar surface area (TPSA) is 34.0 Å². The Labute approximate surface area is 156 Å². The number of aryl methyl sites for hydroxylation is 1. The number of azo groups is 1. The number of hydrogen-bond donors (Lipinski definition) is 1. The molecule has 0 aliphatic heterocycles. The lowest BCUT2D eigenvalue weighted by molar-refractivity contribution is 0.304. The standard InChI is InChI=1S/C21H28N2OS/c1-18-8-10-19(11-9-18)22-23-20-12-14-21(15-13-20)24-16-6-4-2-3-5-7-17-25/h8-15,25H,2-7,16-17H2,1H3. The Morgan fingerprint density at radius 2 is 1.24 bits per heavy atom. The van der Waals surface area contributed by atoms with Crippen molar-refractivity contribution in [3.8, 4) is 5.75 Å². The summed E-state index contributed by atoms with van der Waals surface area (Å²) in [4.78, 5) is 0. The highest BCUT2D eigenvalue weighted by Crippen LogP contribution is 2.21. The molecule has 0 saturated carbocycles. The molecule has 134 valence electrons. The van der Waals surface area contributed by atoms with E-state index in [1.54, 1.807) is 0 Å². The first-order valence-corrected chi connectivity index (χ1v) is 9.73.